The van der Waals surface area contributed by atoms with Gasteiger partial charge in [0.25, 0.3) is 0 Å². The van der Waals surface area contributed by atoms with Crippen molar-refractivity contribution in [2.24, 2.45) is 0 Å². The van der Waals surface area contributed by atoms with E-state index in [1.54, 1.807) is 0 Å². The predicted molar refractivity (Wildman–Crippen MR) is 41.4 cm³/mol. The second-order valence-electron chi connectivity index (χ2n) is 2.74. The normalized spacial score (nSPS) is 31.9. The van der Waals surface area contributed by atoms with Gasteiger partial charge in [0.05, 0.1) is 12.7 Å². The van der Waals surface area contributed by atoms with Gasteiger partial charge >= 0.3 is 0 Å². The maximum atomic E-state index is 5.33. The molecule has 3 unspecified atom stereocenters. The van der Waals surface area contributed by atoms with Crippen LogP contribution in [0.4, 0.5) is 0 Å². The van der Waals surface area contributed by atoms with Gasteiger partial charge in [-0.15, -0.1) is 0 Å². The quantitative estimate of drug-likeness (QED) is 0.447. The lowest BCUT2D eigenvalue weighted by Crippen LogP contribution is -2.16. The summed E-state index contributed by atoms with van der Waals surface area (Å²) in [5.41, 5.74) is 0. The molecule has 0 radical (unpaired) electrons. The molecule has 1 saturated heterocycles. The van der Waals surface area contributed by atoms with Crippen LogP contribution in [0.15, 0.2) is 0 Å². The largest absolute Gasteiger partial charge is 0.367 e. The molecule has 1 aliphatic heterocycles. The van der Waals surface area contributed by atoms with Crippen LogP contribution in [0.1, 0.15) is 20.8 Å². The monoisotopic (exact) mass is 160 g/mol. The Labute approximate surface area is 67.6 Å². The van der Waals surface area contributed by atoms with E-state index in [4.69, 9.17) is 14.2 Å². The van der Waals surface area contributed by atoms with Crippen molar-refractivity contribution in [3.8, 4) is 0 Å². The Morgan fingerprint density at radius 2 is 2.09 bits per heavy atom. The van der Waals surface area contributed by atoms with Crippen LogP contribution in [0.5, 0.6) is 0 Å². The van der Waals surface area contributed by atoms with Gasteiger partial charge in [-0.3, -0.25) is 0 Å². The van der Waals surface area contributed by atoms with Crippen molar-refractivity contribution in [1.29, 1.82) is 0 Å². The van der Waals surface area contributed by atoms with Crippen LogP contribution in [0.25, 0.3) is 0 Å². The predicted octanol–water partition coefficient (Wildman–Crippen LogP) is 1.17. The van der Waals surface area contributed by atoms with E-state index in [1.807, 2.05) is 20.8 Å². The lowest BCUT2D eigenvalue weighted by atomic mass is 10.4. The first-order chi connectivity index (χ1) is 5.24. The molecule has 1 fully saturated rings. The third-order valence-electron chi connectivity index (χ3n) is 1.73. The van der Waals surface area contributed by atoms with E-state index in [1.165, 1.54) is 0 Å². The standard InChI is InChI=1S/C8H16O3/c1-4-9-7(3)10-5-8-6(2)11-8/h6-8H,4-5H2,1-3H3. The first kappa shape index (κ1) is 8.97. The molecule has 66 valence electrons. The van der Waals surface area contributed by atoms with Crippen molar-refractivity contribution in [3.63, 3.8) is 0 Å². The molecule has 0 spiro atoms. The molecule has 11 heavy (non-hydrogen) atoms. The Kier molecular flexibility index (Phi) is 3.30. The minimum absolute atomic E-state index is 0.101. The second kappa shape index (κ2) is 4.04. The zero-order chi connectivity index (χ0) is 8.27. The lowest BCUT2D eigenvalue weighted by Gasteiger charge is -2.10. The summed E-state index contributed by atoms with van der Waals surface area (Å²) in [6.07, 6.45) is 0.582. The number of ether oxygens (including phenoxy) is 3. The second-order valence-corrected chi connectivity index (χ2v) is 2.74. The fraction of sp³-hybridized carbons (Fsp3) is 1.00. The summed E-state index contributed by atoms with van der Waals surface area (Å²) >= 11 is 0. The Bertz CT molecular complexity index is 116. The van der Waals surface area contributed by atoms with Gasteiger partial charge in [0, 0.05) is 6.61 Å². The van der Waals surface area contributed by atoms with Crippen LogP contribution in [-0.4, -0.2) is 31.7 Å². The molecule has 0 bridgehead atoms. The summed E-state index contributed by atoms with van der Waals surface area (Å²) in [4.78, 5) is 0. The van der Waals surface area contributed by atoms with Gasteiger partial charge in [0.15, 0.2) is 6.29 Å². The molecule has 0 N–H and O–H groups in total. The Hall–Kier alpha value is -0.120. The van der Waals surface area contributed by atoms with Crippen molar-refractivity contribution < 1.29 is 14.2 Å². The summed E-state index contributed by atoms with van der Waals surface area (Å²) in [7, 11) is 0. The average molecular weight is 160 g/mol. The molecule has 3 nitrogen and oxygen atoms in total. The van der Waals surface area contributed by atoms with Gasteiger partial charge in [-0.05, 0) is 20.8 Å². The fourth-order valence-corrected chi connectivity index (χ4v) is 0.918. The molecule has 3 heteroatoms. The van der Waals surface area contributed by atoms with Crippen molar-refractivity contribution in [2.45, 2.75) is 39.3 Å². The molecule has 1 heterocycles. The van der Waals surface area contributed by atoms with E-state index in [9.17, 15) is 0 Å². The van der Waals surface area contributed by atoms with Crippen LogP contribution < -0.4 is 0 Å². The van der Waals surface area contributed by atoms with E-state index < -0.39 is 0 Å². The van der Waals surface area contributed by atoms with Crippen LogP contribution in [0.3, 0.4) is 0 Å². The van der Waals surface area contributed by atoms with Crippen molar-refractivity contribution in [1.82, 2.24) is 0 Å². The van der Waals surface area contributed by atoms with Gasteiger partial charge in [0.2, 0.25) is 0 Å². The highest BCUT2D eigenvalue weighted by Gasteiger charge is 2.34. The molecule has 1 aliphatic rings. The van der Waals surface area contributed by atoms with E-state index in [2.05, 4.69) is 0 Å². The first-order valence-electron chi connectivity index (χ1n) is 4.12. The molecule has 0 saturated carbocycles. The summed E-state index contributed by atoms with van der Waals surface area (Å²) in [6, 6.07) is 0. The molecule has 0 aromatic heterocycles. The highest BCUT2D eigenvalue weighted by atomic mass is 16.7. The highest BCUT2D eigenvalue weighted by molar-refractivity contribution is 4.79. The summed E-state index contributed by atoms with van der Waals surface area (Å²) < 4.78 is 15.7. The van der Waals surface area contributed by atoms with Crippen LogP contribution in [-0.2, 0) is 14.2 Å². The number of epoxide rings is 1. The first-order valence-corrected chi connectivity index (χ1v) is 4.12. The van der Waals surface area contributed by atoms with E-state index >= 15 is 0 Å². The van der Waals surface area contributed by atoms with E-state index in [0.29, 0.717) is 25.4 Å². The number of hydrogen-bond acceptors (Lipinski definition) is 3. The maximum absolute atomic E-state index is 5.33. The van der Waals surface area contributed by atoms with Gasteiger partial charge in [-0.25, -0.2) is 0 Å². The third kappa shape index (κ3) is 3.18. The van der Waals surface area contributed by atoms with Gasteiger partial charge < -0.3 is 14.2 Å². The van der Waals surface area contributed by atoms with Gasteiger partial charge in [-0.2, -0.15) is 0 Å². The molecule has 0 aromatic carbocycles. The van der Waals surface area contributed by atoms with Crippen molar-refractivity contribution in [3.05, 3.63) is 0 Å². The summed E-state index contributed by atoms with van der Waals surface area (Å²) in [5.74, 6) is 0. The third-order valence-corrected chi connectivity index (χ3v) is 1.73. The lowest BCUT2D eigenvalue weighted by molar-refractivity contribution is -0.129. The van der Waals surface area contributed by atoms with Crippen LogP contribution in [0, 0.1) is 0 Å². The van der Waals surface area contributed by atoms with E-state index in [-0.39, 0.29) is 6.29 Å². The van der Waals surface area contributed by atoms with Gasteiger partial charge in [-0.1, -0.05) is 0 Å². The van der Waals surface area contributed by atoms with Crippen LogP contribution in [0.2, 0.25) is 0 Å². The minimum atomic E-state index is -0.101. The SMILES string of the molecule is CCOC(C)OCC1OC1C. The zero-order valence-corrected chi connectivity index (χ0v) is 7.37. The molecule has 0 aromatic rings. The zero-order valence-electron chi connectivity index (χ0n) is 7.37. The molecule has 0 aliphatic carbocycles. The van der Waals surface area contributed by atoms with Crippen molar-refractivity contribution >= 4 is 0 Å². The Balaban J connectivity index is 1.94. The Morgan fingerprint density at radius 1 is 1.45 bits per heavy atom. The number of hydrogen-bond donors (Lipinski definition) is 0. The topological polar surface area (TPSA) is 31.0 Å². The number of rotatable bonds is 5. The van der Waals surface area contributed by atoms with Crippen molar-refractivity contribution in [2.75, 3.05) is 13.2 Å². The van der Waals surface area contributed by atoms with Crippen LogP contribution >= 0.6 is 0 Å². The smallest absolute Gasteiger partial charge is 0.154 e. The minimum Gasteiger partial charge on any atom is -0.367 e. The molecule has 3 atom stereocenters. The molecule has 0 amide bonds. The maximum Gasteiger partial charge on any atom is 0.154 e. The van der Waals surface area contributed by atoms with E-state index in [0.717, 1.165) is 0 Å². The molecular formula is C8H16O3. The average Bonchev–Trinajstić information content (AvgIpc) is 2.63. The Morgan fingerprint density at radius 3 is 2.55 bits per heavy atom. The molecular weight excluding hydrogens is 144 g/mol. The van der Waals surface area contributed by atoms with Gasteiger partial charge in [0.1, 0.15) is 6.10 Å². The summed E-state index contributed by atoms with van der Waals surface area (Å²) in [5, 5.41) is 0. The molecule has 1 rings (SSSR count). The highest BCUT2D eigenvalue weighted by Crippen LogP contribution is 2.21. The summed E-state index contributed by atoms with van der Waals surface area (Å²) in [6.45, 7) is 7.25. The fourth-order valence-electron chi connectivity index (χ4n) is 0.918.